The molecule has 0 bridgehead atoms. The molecule has 1 aliphatic rings. The van der Waals surface area contributed by atoms with E-state index in [9.17, 15) is 5.11 Å². The third-order valence-electron chi connectivity index (χ3n) is 7.45. The molecular weight excluding hydrogens is 518 g/mol. The summed E-state index contributed by atoms with van der Waals surface area (Å²) in [6.07, 6.45) is 1.03. The van der Waals surface area contributed by atoms with E-state index in [1.165, 1.54) is 0 Å². The van der Waals surface area contributed by atoms with Gasteiger partial charge in [0.25, 0.3) is 0 Å². The van der Waals surface area contributed by atoms with E-state index >= 15 is 0 Å². The Labute approximate surface area is 238 Å². The SMILES string of the molecule is Nc1nc(OCc2ccccc2)c2ncn(C3CC(COCc4ccccc4)C(OCc4ccccc4)C3O)c2n1. The summed E-state index contributed by atoms with van der Waals surface area (Å²) in [6, 6.07) is 29.5. The van der Waals surface area contributed by atoms with Gasteiger partial charge in [0.05, 0.1) is 38.3 Å². The number of aliphatic hydroxyl groups excluding tert-OH is 1. The number of benzene rings is 3. The maximum Gasteiger partial charge on any atom is 0.247 e. The number of aromatic nitrogens is 4. The molecule has 3 aromatic carbocycles. The fraction of sp³-hybridized carbons (Fsp3) is 0.281. The summed E-state index contributed by atoms with van der Waals surface area (Å²) in [4.78, 5) is 13.3. The summed E-state index contributed by atoms with van der Waals surface area (Å²) in [5.74, 6) is 0.337. The Morgan fingerprint density at radius 1 is 0.805 bits per heavy atom. The smallest absolute Gasteiger partial charge is 0.247 e. The van der Waals surface area contributed by atoms with Crippen molar-refractivity contribution in [2.45, 2.75) is 44.5 Å². The van der Waals surface area contributed by atoms with E-state index in [0.717, 1.165) is 16.7 Å². The first-order chi connectivity index (χ1) is 20.2. The first kappa shape index (κ1) is 26.9. The summed E-state index contributed by atoms with van der Waals surface area (Å²) < 4.78 is 20.3. The maximum absolute atomic E-state index is 11.6. The molecule has 0 radical (unpaired) electrons. The van der Waals surface area contributed by atoms with Crippen LogP contribution in [0.2, 0.25) is 0 Å². The van der Waals surface area contributed by atoms with E-state index < -0.39 is 12.2 Å². The highest BCUT2D eigenvalue weighted by atomic mass is 16.5. The zero-order valence-corrected chi connectivity index (χ0v) is 22.6. The van der Waals surface area contributed by atoms with E-state index in [2.05, 4.69) is 15.0 Å². The molecule has 5 aromatic rings. The van der Waals surface area contributed by atoms with Crippen molar-refractivity contribution in [2.24, 2.45) is 5.92 Å². The molecule has 1 fully saturated rings. The zero-order valence-electron chi connectivity index (χ0n) is 22.6. The molecule has 210 valence electrons. The molecule has 1 aliphatic carbocycles. The molecule has 9 nitrogen and oxygen atoms in total. The highest BCUT2D eigenvalue weighted by Crippen LogP contribution is 2.40. The predicted octanol–water partition coefficient (Wildman–Crippen LogP) is 4.71. The third-order valence-corrected chi connectivity index (χ3v) is 7.45. The van der Waals surface area contributed by atoms with Gasteiger partial charge in [0.2, 0.25) is 11.8 Å². The minimum Gasteiger partial charge on any atom is -0.471 e. The molecule has 1 saturated carbocycles. The molecule has 41 heavy (non-hydrogen) atoms. The lowest BCUT2D eigenvalue weighted by Gasteiger charge is -2.24. The highest BCUT2D eigenvalue weighted by molar-refractivity contribution is 5.77. The van der Waals surface area contributed by atoms with Crippen molar-refractivity contribution in [1.82, 2.24) is 19.5 Å². The lowest BCUT2D eigenvalue weighted by Crippen LogP contribution is -2.33. The summed E-state index contributed by atoms with van der Waals surface area (Å²) in [5.41, 5.74) is 10.2. The van der Waals surface area contributed by atoms with Crippen molar-refractivity contribution < 1.29 is 19.3 Å². The van der Waals surface area contributed by atoms with Crippen LogP contribution in [0.3, 0.4) is 0 Å². The minimum atomic E-state index is -0.814. The predicted molar refractivity (Wildman–Crippen MR) is 155 cm³/mol. The number of aliphatic hydroxyl groups is 1. The molecular formula is C32H33N5O4. The van der Waals surface area contributed by atoms with Crippen molar-refractivity contribution in [3.63, 3.8) is 0 Å². The quantitative estimate of drug-likeness (QED) is 0.242. The fourth-order valence-electron chi connectivity index (χ4n) is 5.40. The number of anilines is 1. The van der Waals surface area contributed by atoms with Crippen LogP contribution in [0.4, 0.5) is 5.95 Å². The molecule has 9 heteroatoms. The number of ether oxygens (including phenoxy) is 3. The Hall–Kier alpha value is -4.31. The van der Waals surface area contributed by atoms with Gasteiger partial charge in [0.1, 0.15) is 12.7 Å². The molecule has 3 N–H and O–H groups in total. The van der Waals surface area contributed by atoms with E-state index in [4.69, 9.17) is 19.9 Å². The molecule has 0 aliphatic heterocycles. The first-order valence-corrected chi connectivity index (χ1v) is 13.8. The lowest BCUT2D eigenvalue weighted by molar-refractivity contribution is -0.0713. The monoisotopic (exact) mass is 551 g/mol. The van der Waals surface area contributed by atoms with Gasteiger partial charge in [-0.05, 0) is 23.1 Å². The Balaban J connectivity index is 1.23. The van der Waals surface area contributed by atoms with Gasteiger partial charge in [0, 0.05) is 5.92 Å². The summed E-state index contributed by atoms with van der Waals surface area (Å²) >= 11 is 0. The number of nitrogens with zero attached hydrogens (tertiary/aromatic N) is 4. The Kier molecular flexibility index (Phi) is 8.18. The van der Waals surface area contributed by atoms with E-state index in [1.807, 2.05) is 95.6 Å². The standard InChI is InChI=1S/C32H33N5O4/c33-32-35-30-27(31(36-32)41-19-24-14-8-3-9-15-24)34-21-37(30)26-16-25(20-39-17-22-10-4-1-5-11-22)29(28(26)38)40-18-23-12-6-2-7-13-23/h1-15,21,25-26,28-29,38H,16-20H2,(H2,33,35,36). The van der Waals surface area contributed by atoms with E-state index in [1.54, 1.807) is 6.33 Å². The number of nitrogen functional groups attached to an aromatic ring is 1. The first-order valence-electron chi connectivity index (χ1n) is 13.8. The van der Waals surface area contributed by atoms with Gasteiger partial charge < -0.3 is 29.6 Å². The second-order valence-electron chi connectivity index (χ2n) is 10.3. The molecule has 0 amide bonds. The van der Waals surface area contributed by atoms with Crippen LogP contribution < -0.4 is 10.5 Å². The normalized spacial score (nSPS) is 20.4. The van der Waals surface area contributed by atoms with Crippen molar-refractivity contribution in [2.75, 3.05) is 12.3 Å². The lowest BCUT2D eigenvalue weighted by atomic mass is 10.1. The van der Waals surface area contributed by atoms with Crippen LogP contribution in [0.1, 0.15) is 29.2 Å². The number of nitrogens with two attached hydrogens (primary N) is 1. The minimum absolute atomic E-state index is 0.0483. The van der Waals surface area contributed by atoms with Crippen molar-refractivity contribution in [1.29, 1.82) is 0 Å². The average Bonchev–Trinajstić information content (AvgIpc) is 3.56. The second kappa shape index (κ2) is 12.5. The van der Waals surface area contributed by atoms with Crippen LogP contribution in [-0.4, -0.2) is 43.4 Å². The Morgan fingerprint density at radius 3 is 2.07 bits per heavy atom. The van der Waals surface area contributed by atoms with Crippen LogP contribution >= 0.6 is 0 Å². The molecule has 0 spiro atoms. The van der Waals surface area contributed by atoms with Crippen LogP contribution in [0.25, 0.3) is 11.2 Å². The Bertz CT molecular complexity index is 1550. The molecule has 0 saturated heterocycles. The van der Waals surface area contributed by atoms with Gasteiger partial charge in [-0.1, -0.05) is 91.0 Å². The molecule has 6 rings (SSSR count). The third kappa shape index (κ3) is 6.22. The van der Waals surface area contributed by atoms with Gasteiger partial charge in [0.15, 0.2) is 11.2 Å². The molecule has 2 aromatic heterocycles. The number of hydrogen-bond acceptors (Lipinski definition) is 8. The van der Waals surface area contributed by atoms with Gasteiger partial charge in [-0.25, -0.2) is 4.98 Å². The van der Waals surface area contributed by atoms with Crippen LogP contribution in [0, 0.1) is 5.92 Å². The van der Waals surface area contributed by atoms with Gasteiger partial charge in [-0.3, -0.25) is 0 Å². The van der Waals surface area contributed by atoms with Crippen LogP contribution in [0.15, 0.2) is 97.3 Å². The van der Waals surface area contributed by atoms with E-state index in [-0.39, 0.29) is 17.9 Å². The largest absolute Gasteiger partial charge is 0.471 e. The average molecular weight is 552 g/mol. The van der Waals surface area contributed by atoms with Crippen molar-refractivity contribution in [3.05, 3.63) is 114 Å². The summed E-state index contributed by atoms with van der Waals surface area (Å²) in [5, 5.41) is 11.6. The van der Waals surface area contributed by atoms with Crippen LogP contribution in [0.5, 0.6) is 5.88 Å². The number of fused-ring (bicyclic) bond motifs is 1. The number of rotatable bonds is 11. The number of imidazole rings is 1. The summed E-state index contributed by atoms with van der Waals surface area (Å²) in [6.45, 7) is 1.64. The molecule has 4 atom stereocenters. The zero-order chi connectivity index (χ0) is 28.0. The summed E-state index contributed by atoms with van der Waals surface area (Å²) in [7, 11) is 0. The molecule has 4 unspecified atom stereocenters. The topological polar surface area (TPSA) is 118 Å². The highest BCUT2D eigenvalue weighted by Gasteiger charge is 2.45. The van der Waals surface area contributed by atoms with Crippen LogP contribution in [-0.2, 0) is 29.3 Å². The van der Waals surface area contributed by atoms with Gasteiger partial charge >= 0.3 is 0 Å². The van der Waals surface area contributed by atoms with E-state index in [0.29, 0.717) is 49.9 Å². The second-order valence-corrected chi connectivity index (χ2v) is 10.3. The fourth-order valence-corrected chi connectivity index (χ4v) is 5.40. The van der Waals surface area contributed by atoms with Crippen molar-refractivity contribution >= 4 is 17.1 Å². The van der Waals surface area contributed by atoms with Gasteiger partial charge in [-0.15, -0.1) is 0 Å². The Morgan fingerprint density at radius 2 is 1.41 bits per heavy atom. The number of hydrogen-bond donors (Lipinski definition) is 2. The van der Waals surface area contributed by atoms with Crippen molar-refractivity contribution in [3.8, 4) is 5.88 Å². The maximum atomic E-state index is 11.6. The molecule has 2 heterocycles. The van der Waals surface area contributed by atoms with Gasteiger partial charge in [-0.2, -0.15) is 9.97 Å².